The van der Waals surface area contributed by atoms with Crippen molar-refractivity contribution in [2.45, 2.75) is 39.3 Å². The molecule has 4 heteroatoms. The predicted molar refractivity (Wildman–Crippen MR) is 79.1 cm³/mol. The second kappa shape index (κ2) is 4.61. The highest BCUT2D eigenvalue weighted by Crippen LogP contribution is 2.32. The van der Waals surface area contributed by atoms with Gasteiger partial charge >= 0.3 is 0 Å². The van der Waals surface area contributed by atoms with Gasteiger partial charge in [-0.2, -0.15) is 5.10 Å². The van der Waals surface area contributed by atoms with Gasteiger partial charge in [0.1, 0.15) is 5.69 Å². The number of para-hydroxylation sites is 1. The first-order chi connectivity index (χ1) is 9.15. The van der Waals surface area contributed by atoms with Crippen LogP contribution in [0.4, 0.5) is 11.5 Å². The van der Waals surface area contributed by atoms with Crippen molar-refractivity contribution < 1.29 is 0 Å². The zero-order valence-electron chi connectivity index (χ0n) is 11.6. The van der Waals surface area contributed by atoms with Crippen molar-refractivity contribution in [3.8, 4) is 5.69 Å². The largest absolute Gasteiger partial charge is 0.378 e. The highest BCUT2D eigenvalue weighted by Gasteiger charge is 2.23. The first-order valence-corrected chi connectivity index (χ1v) is 6.83. The fraction of sp³-hybridized carbons (Fsp3) is 0.400. The van der Waals surface area contributed by atoms with E-state index in [1.54, 1.807) is 0 Å². The van der Waals surface area contributed by atoms with Gasteiger partial charge in [0.15, 0.2) is 5.82 Å². The molecule has 0 bridgehead atoms. The number of fused-ring (bicyclic) bond motifs is 1. The number of benzene rings is 1. The van der Waals surface area contributed by atoms with Crippen LogP contribution in [0.5, 0.6) is 0 Å². The Kier molecular flexibility index (Phi) is 2.93. The number of aryl methyl sites for hydroxylation is 1. The summed E-state index contributed by atoms with van der Waals surface area (Å²) in [4.78, 5) is 0. The lowest BCUT2D eigenvalue weighted by atomic mass is 10.1. The SMILES string of the molecule is Cc1nn(-c2ccccc2)c2c1NC(C)CC(C)N2. The number of hydrogen-bond acceptors (Lipinski definition) is 3. The van der Waals surface area contributed by atoms with Crippen molar-refractivity contribution in [2.75, 3.05) is 10.6 Å². The third-order valence-corrected chi connectivity index (χ3v) is 3.54. The molecule has 1 aromatic heterocycles. The number of rotatable bonds is 1. The van der Waals surface area contributed by atoms with Crippen LogP contribution in [0.25, 0.3) is 5.69 Å². The van der Waals surface area contributed by atoms with Gasteiger partial charge in [-0.25, -0.2) is 4.68 Å². The Hall–Kier alpha value is -1.97. The molecule has 1 aliphatic heterocycles. The fourth-order valence-corrected chi connectivity index (χ4v) is 2.72. The maximum Gasteiger partial charge on any atom is 0.153 e. The van der Waals surface area contributed by atoms with Crippen LogP contribution in [-0.2, 0) is 0 Å². The van der Waals surface area contributed by atoms with Gasteiger partial charge in [0, 0.05) is 12.1 Å². The summed E-state index contributed by atoms with van der Waals surface area (Å²) in [7, 11) is 0. The third kappa shape index (κ3) is 2.18. The Morgan fingerprint density at radius 2 is 1.79 bits per heavy atom. The fourth-order valence-electron chi connectivity index (χ4n) is 2.72. The van der Waals surface area contributed by atoms with Gasteiger partial charge in [-0.3, -0.25) is 0 Å². The van der Waals surface area contributed by atoms with Crippen LogP contribution in [0.3, 0.4) is 0 Å². The van der Waals surface area contributed by atoms with Crippen molar-refractivity contribution in [3.05, 3.63) is 36.0 Å². The predicted octanol–water partition coefficient (Wildman–Crippen LogP) is 3.19. The van der Waals surface area contributed by atoms with Gasteiger partial charge in [0.05, 0.1) is 11.4 Å². The maximum atomic E-state index is 4.66. The number of nitrogens with zero attached hydrogens (tertiary/aromatic N) is 2. The molecular weight excluding hydrogens is 236 g/mol. The van der Waals surface area contributed by atoms with Crippen LogP contribution >= 0.6 is 0 Å². The van der Waals surface area contributed by atoms with Crippen molar-refractivity contribution in [1.29, 1.82) is 0 Å². The lowest BCUT2D eigenvalue weighted by Crippen LogP contribution is -2.22. The summed E-state index contributed by atoms with van der Waals surface area (Å²) < 4.78 is 1.99. The molecule has 100 valence electrons. The van der Waals surface area contributed by atoms with E-state index in [2.05, 4.69) is 48.6 Å². The minimum absolute atomic E-state index is 0.433. The smallest absolute Gasteiger partial charge is 0.153 e. The molecule has 2 heterocycles. The van der Waals surface area contributed by atoms with Crippen molar-refractivity contribution in [1.82, 2.24) is 9.78 Å². The van der Waals surface area contributed by atoms with E-state index in [0.29, 0.717) is 12.1 Å². The van der Waals surface area contributed by atoms with Gasteiger partial charge in [0.25, 0.3) is 0 Å². The van der Waals surface area contributed by atoms with Gasteiger partial charge in [-0.05, 0) is 39.3 Å². The lowest BCUT2D eigenvalue weighted by molar-refractivity contribution is 0.638. The molecule has 0 radical (unpaired) electrons. The lowest BCUT2D eigenvalue weighted by Gasteiger charge is -2.15. The van der Waals surface area contributed by atoms with Gasteiger partial charge in [0.2, 0.25) is 0 Å². The summed E-state index contributed by atoms with van der Waals surface area (Å²) in [6, 6.07) is 11.1. The first-order valence-electron chi connectivity index (χ1n) is 6.83. The molecule has 1 aliphatic rings. The molecular formula is C15H20N4. The number of hydrogen-bond donors (Lipinski definition) is 2. The van der Waals surface area contributed by atoms with Gasteiger partial charge < -0.3 is 10.6 Å². The minimum Gasteiger partial charge on any atom is -0.378 e. The van der Waals surface area contributed by atoms with Crippen LogP contribution in [0.1, 0.15) is 26.0 Å². The molecule has 0 fully saturated rings. The molecule has 3 rings (SSSR count). The highest BCUT2D eigenvalue weighted by atomic mass is 15.4. The second-order valence-electron chi connectivity index (χ2n) is 5.38. The Balaban J connectivity index is 2.11. The number of nitrogens with one attached hydrogen (secondary N) is 2. The average molecular weight is 256 g/mol. The Morgan fingerprint density at radius 1 is 1.11 bits per heavy atom. The van der Waals surface area contributed by atoms with Crippen LogP contribution in [0.15, 0.2) is 30.3 Å². The maximum absolute atomic E-state index is 4.66. The van der Waals surface area contributed by atoms with E-state index < -0.39 is 0 Å². The summed E-state index contributed by atoms with van der Waals surface area (Å²) in [5.74, 6) is 1.07. The van der Waals surface area contributed by atoms with E-state index in [9.17, 15) is 0 Å². The van der Waals surface area contributed by atoms with Crippen molar-refractivity contribution in [3.63, 3.8) is 0 Å². The average Bonchev–Trinajstić information content (AvgIpc) is 2.59. The zero-order valence-corrected chi connectivity index (χ0v) is 11.6. The third-order valence-electron chi connectivity index (χ3n) is 3.54. The second-order valence-corrected chi connectivity index (χ2v) is 5.38. The van der Waals surface area contributed by atoms with Crippen molar-refractivity contribution in [2.24, 2.45) is 0 Å². The number of aromatic nitrogens is 2. The van der Waals surface area contributed by atoms with E-state index in [1.165, 1.54) is 0 Å². The monoisotopic (exact) mass is 256 g/mol. The molecule has 0 saturated heterocycles. The van der Waals surface area contributed by atoms with Gasteiger partial charge in [-0.15, -0.1) is 0 Å². The Morgan fingerprint density at radius 3 is 2.53 bits per heavy atom. The quantitative estimate of drug-likeness (QED) is 0.823. The molecule has 0 aliphatic carbocycles. The standard InChI is InChI=1S/C15H20N4/c1-10-9-11(2)17-15-14(16-10)12(3)18-19(15)13-7-5-4-6-8-13/h4-8,10-11,16-17H,9H2,1-3H3. The summed E-state index contributed by atoms with van der Waals surface area (Å²) in [5.41, 5.74) is 3.25. The Labute approximate surface area is 113 Å². The molecule has 1 aromatic carbocycles. The molecule has 2 unspecified atom stereocenters. The highest BCUT2D eigenvalue weighted by molar-refractivity contribution is 5.71. The van der Waals surface area contributed by atoms with Crippen LogP contribution in [0.2, 0.25) is 0 Å². The van der Waals surface area contributed by atoms with Crippen LogP contribution < -0.4 is 10.6 Å². The molecule has 2 atom stereocenters. The normalized spacial score (nSPS) is 22.1. The summed E-state index contributed by atoms with van der Waals surface area (Å²) in [6.07, 6.45) is 1.10. The van der Waals surface area contributed by atoms with E-state index in [1.807, 2.05) is 22.9 Å². The van der Waals surface area contributed by atoms with E-state index in [-0.39, 0.29) is 0 Å². The molecule has 0 saturated carbocycles. The summed E-state index contributed by atoms with van der Waals surface area (Å²) in [6.45, 7) is 6.48. The molecule has 19 heavy (non-hydrogen) atoms. The molecule has 2 N–H and O–H groups in total. The number of anilines is 2. The summed E-state index contributed by atoms with van der Waals surface area (Å²) >= 11 is 0. The van der Waals surface area contributed by atoms with Crippen molar-refractivity contribution >= 4 is 11.5 Å². The first kappa shape index (κ1) is 12.1. The topological polar surface area (TPSA) is 41.9 Å². The Bertz CT molecular complexity index is 573. The van der Waals surface area contributed by atoms with Crippen LogP contribution in [0, 0.1) is 6.92 Å². The van der Waals surface area contributed by atoms with Crippen LogP contribution in [-0.4, -0.2) is 21.9 Å². The molecule has 0 spiro atoms. The summed E-state index contributed by atoms with van der Waals surface area (Å²) in [5, 5.41) is 11.8. The van der Waals surface area contributed by atoms with E-state index >= 15 is 0 Å². The van der Waals surface area contributed by atoms with E-state index in [4.69, 9.17) is 0 Å². The van der Waals surface area contributed by atoms with E-state index in [0.717, 1.165) is 29.3 Å². The molecule has 2 aromatic rings. The molecule has 4 nitrogen and oxygen atoms in total. The zero-order chi connectivity index (χ0) is 13.4. The van der Waals surface area contributed by atoms with Gasteiger partial charge in [-0.1, -0.05) is 18.2 Å². The minimum atomic E-state index is 0.433. The molecule has 0 amide bonds.